The lowest BCUT2D eigenvalue weighted by molar-refractivity contribution is 0.281. The standard InChI is InChI=1S/C10H6ClF2NO2/c11-10-7(4-15)9(14-16-10)6-2-1-5(12)3-8(6)13/h1-3,15H,4H2. The van der Waals surface area contributed by atoms with Crippen LogP contribution in [0.5, 0.6) is 0 Å². The molecule has 84 valence electrons. The van der Waals surface area contributed by atoms with Crippen LogP contribution in [0.2, 0.25) is 5.22 Å². The van der Waals surface area contributed by atoms with Crippen LogP contribution in [0.3, 0.4) is 0 Å². The van der Waals surface area contributed by atoms with Gasteiger partial charge in [0.05, 0.1) is 12.2 Å². The largest absolute Gasteiger partial charge is 0.391 e. The molecular formula is C10H6ClF2NO2. The van der Waals surface area contributed by atoms with E-state index in [9.17, 15) is 8.78 Å². The van der Waals surface area contributed by atoms with Crippen LogP contribution >= 0.6 is 11.6 Å². The van der Waals surface area contributed by atoms with Gasteiger partial charge in [0, 0.05) is 11.6 Å². The predicted molar refractivity (Wildman–Crippen MR) is 52.8 cm³/mol. The molecule has 0 atom stereocenters. The Morgan fingerprint density at radius 2 is 2.12 bits per heavy atom. The second-order valence-corrected chi connectivity index (χ2v) is 3.41. The molecule has 0 radical (unpaired) electrons. The van der Waals surface area contributed by atoms with E-state index in [2.05, 4.69) is 9.68 Å². The van der Waals surface area contributed by atoms with E-state index in [0.717, 1.165) is 12.1 Å². The molecule has 0 fully saturated rings. The first-order chi connectivity index (χ1) is 7.63. The van der Waals surface area contributed by atoms with Crippen molar-refractivity contribution in [3.05, 3.63) is 40.6 Å². The molecule has 0 saturated heterocycles. The van der Waals surface area contributed by atoms with Crippen LogP contribution in [-0.2, 0) is 6.61 Å². The highest BCUT2D eigenvalue weighted by Crippen LogP contribution is 2.30. The molecule has 0 bridgehead atoms. The lowest BCUT2D eigenvalue weighted by atomic mass is 10.1. The van der Waals surface area contributed by atoms with Crippen molar-refractivity contribution in [2.45, 2.75) is 6.61 Å². The maximum absolute atomic E-state index is 13.4. The Morgan fingerprint density at radius 1 is 1.38 bits per heavy atom. The molecule has 0 aliphatic heterocycles. The summed E-state index contributed by atoms with van der Waals surface area (Å²) in [6, 6.07) is 3.01. The van der Waals surface area contributed by atoms with Gasteiger partial charge in [-0.2, -0.15) is 0 Å². The molecule has 1 aromatic heterocycles. The molecule has 3 nitrogen and oxygen atoms in total. The number of aromatic nitrogens is 1. The minimum atomic E-state index is -0.792. The Hall–Kier alpha value is -1.46. The highest BCUT2D eigenvalue weighted by molar-refractivity contribution is 6.29. The van der Waals surface area contributed by atoms with Crippen molar-refractivity contribution in [3.8, 4) is 11.3 Å². The second-order valence-electron chi connectivity index (χ2n) is 3.07. The number of nitrogens with zero attached hydrogens (tertiary/aromatic N) is 1. The highest BCUT2D eigenvalue weighted by Gasteiger charge is 2.18. The van der Waals surface area contributed by atoms with Crippen LogP contribution in [0, 0.1) is 11.6 Å². The van der Waals surface area contributed by atoms with Crippen molar-refractivity contribution in [3.63, 3.8) is 0 Å². The average Bonchev–Trinajstić information content (AvgIpc) is 2.59. The molecule has 0 amide bonds. The minimum Gasteiger partial charge on any atom is -0.391 e. The van der Waals surface area contributed by atoms with Gasteiger partial charge in [-0.25, -0.2) is 8.78 Å². The monoisotopic (exact) mass is 245 g/mol. The van der Waals surface area contributed by atoms with Gasteiger partial charge < -0.3 is 9.63 Å². The summed E-state index contributed by atoms with van der Waals surface area (Å²) in [5.41, 5.74) is 0.276. The zero-order chi connectivity index (χ0) is 11.7. The van der Waals surface area contributed by atoms with Crippen molar-refractivity contribution < 1.29 is 18.4 Å². The van der Waals surface area contributed by atoms with Crippen LogP contribution in [0.1, 0.15) is 5.56 Å². The molecule has 1 N–H and O–H groups in total. The van der Waals surface area contributed by atoms with Gasteiger partial charge in [-0.3, -0.25) is 0 Å². The number of hydrogen-bond donors (Lipinski definition) is 1. The third-order valence-corrected chi connectivity index (χ3v) is 2.38. The van der Waals surface area contributed by atoms with Gasteiger partial charge in [0.25, 0.3) is 0 Å². The summed E-state index contributed by atoms with van der Waals surface area (Å²) >= 11 is 5.59. The molecule has 6 heteroatoms. The van der Waals surface area contributed by atoms with Gasteiger partial charge in [-0.1, -0.05) is 5.16 Å². The molecule has 0 unspecified atom stereocenters. The van der Waals surface area contributed by atoms with E-state index >= 15 is 0 Å². The summed E-state index contributed by atoms with van der Waals surface area (Å²) < 4.78 is 30.7. The number of hydrogen-bond acceptors (Lipinski definition) is 3. The summed E-state index contributed by atoms with van der Waals surface area (Å²) in [5, 5.41) is 12.4. The van der Waals surface area contributed by atoms with E-state index in [0.29, 0.717) is 0 Å². The smallest absolute Gasteiger partial charge is 0.232 e. The maximum Gasteiger partial charge on any atom is 0.232 e. The van der Waals surface area contributed by atoms with Crippen molar-refractivity contribution in [1.29, 1.82) is 0 Å². The summed E-state index contributed by atoms with van der Waals surface area (Å²) in [5.74, 6) is -1.49. The van der Waals surface area contributed by atoms with E-state index < -0.39 is 18.2 Å². The number of rotatable bonds is 2. The first-order valence-corrected chi connectivity index (χ1v) is 4.71. The lowest BCUT2D eigenvalue weighted by Crippen LogP contribution is -1.91. The van der Waals surface area contributed by atoms with Crippen molar-refractivity contribution >= 4 is 11.6 Å². The molecule has 0 aliphatic rings. The Balaban J connectivity index is 2.58. The van der Waals surface area contributed by atoms with Crippen LogP contribution in [0.15, 0.2) is 22.7 Å². The predicted octanol–water partition coefficient (Wildman–Crippen LogP) is 2.77. The average molecular weight is 246 g/mol. The van der Waals surface area contributed by atoms with Crippen molar-refractivity contribution in [1.82, 2.24) is 5.16 Å². The summed E-state index contributed by atoms with van der Waals surface area (Å²) in [6.45, 7) is -0.436. The van der Waals surface area contributed by atoms with Gasteiger partial charge in [0.2, 0.25) is 5.22 Å². The van der Waals surface area contributed by atoms with Crippen LogP contribution in [0.25, 0.3) is 11.3 Å². The first kappa shape index (κ1) is 11.0. The summed E-state index contributed by atoms with van der Waals surface area (Å²) in [4.78, 5) is 0. The molecule has 2 rings (SSSR count). The minimum absolute atomic E-state index is 0.0288. The lowest BCUT2D eigenvalue weighted by Gasteiger charge is -2.00. The van der Waals surface area contributed by atoms with Crippen molar-refractivity contribution in [2.75, 3.05) is 0 Å². The van der Waals surface area contributed by atoms with Crippen LogP contribution < -0.4 is 0 Å². The number of benzene rings is 1. The third-order valence-electron chi connectivity index (χ3n) is 2.08. The summed E-state index contributed by atoms with van der Waals surface area (Å²) in [6.07, 6.45) is 0. The van der Waals surface area contributed by atoms with E-state index in [1.807, 2.05) is 0 Å². The Labute approximate surface area is 94.2 Å². The van der Waals surface area contributed by atoms with E-state index in [1.54, 1.807) is 0 Å². The molecule has 1 heterocycles. The topological polar surface area (TPSA) is 46.3 Å². The Bertz CT molecular complexity index is 528. The quantitative estimate of drug-likeness (QED) is 0.885. The molecule has 1 aromatic carbocycles. The number of aliphatic hydroxyl groups is 1. The number of aliphatic hydroxyl groups excluding tert-OH is 1. The zero-order valence-corrected chi connectivity index (χ0v) is 8.63. The van der Waals surface area contributed by atoms with Gasteiger partial charge in [0.15, 0.2) is 0 Å². The Kier molecular flexibility index (Phi) is 2.89. The highest BCUT2D eigenvalue weighted by atomic mass is 35.5. The molecule has 0 saturated carbocycles. The van der Waals surface area contributed by atoms with Gasteiger partial charge in [-0.15, -0.1) is 0 Å². The SMILES string of the molecule is OCc1c(-c2ccc(F)cc2F)noc1Cl. The zero-order valence-electron chi connectivity index (χ0n) is 7.88. The van der Waals surface area contributed by atoms with Gasteiger partial charge >= 0.3 is 0 Å². The fraction of sp³-hybridized carbons (Fsp3) is 0.100. The fourth-order valence-electron chi connectivity index (χ4n) is 1.32. The molecule has 2 aromatic rings. The number of halogens is 3. The van der Waals surface area contributed by atoms with Crippen LogP contribution in [0.4, 0.5) is 8.78 Å². The molecular weight excluding hydrogens is 240 g/mol. The fourth-order valence-corrected chi connectivity index (χ4v) is 1.50. The molecule has 16 heavy (non-hydrogen) atoms. The first-order valence-electron chi connectivity index (χ1n) is 4.34. The summed E-state index contributed by atoms with van der Waals surface area (Å²) in [7, 11) is 0. The van der Waals surface area contributed by atoms with E-state index in [4.69, 9.17) is 16.7 Å². The van der Waals surface area contributed by atoms with E-state index in [-0.39, 0.29) is 22.0 Å². The molecule has 0 aliphatic carbocycles. The van der Waals surface area contributed by atoms with Crippen molar-refractivity contribution in [2.24, 2.45) is 0 Å². The Morgan fingerprint density at radius 3 is 2.75 bits per heavy atom. The van der Waals surface area contributed by atoms with Gasteiger partial charge in [-0.05, 0) is 23.7 Å². The molecule has 0 spiro atoms. The normalized spacial score (nSPS) is 10.8. The maximum atomic E-state index is 13.4. The van der Waals surface area contributed by atoms with E-state index in [1.165, 1.54) is 6.07 Å². The van der Waals surface area contributed by atoms with Crippen LogP contribution in [-0.4, -0.2) is 10.3 Å². The van der Waals surface area contributed by atoms with Gasteiger partial charge in [0.1, 0.15) is 17.3 Å². The third kappa shape index (κ3) is 1.79. The second kappa shape index (κ2) is 4.19.